The van der Waals surface area contributed by atoms with Crippen LogP contribution in [0.2, 0.25) is 0 Å². The first-order valence-electron chi connectivity index (χ1n) is 7.90. The minimum Gasteiger partial charge on any atom is -0.342 e. The topological polar surface area (TPSA) is 49.6 Å². The molecule has 1 saturated carbocycles. The van der Waals surface area contributed by atoms with Crippen molar-refractivity contribution < 1.29 is 4.79 Å². The van der Waals surface area contributed by atoms with E-state index < -0.39 is 0 Å². The molecule has 4 nitrogen and oxygen atoms in total. The Morgan fingerprint density at radius 3 is 2.53 bits per heavy atom. The summed E-state index contributed by atoms with van der Waals surface area (Å²) in [6.07, 6.45) is 8.62. The molecule has 2 unspecified atom stereocenters. The zero-order chi connectivity index (χ0) is 13.7. The van der Waals surface area contributed by atoms with Crippen molar-refractivity contribution in [1.29, 1.82) is 0 Å². The predicted octanol–water partition coefficient (Wildman–Crippen LogP) is 1.45. The summed E-state index contributed by atoms with van der Waals surface area (Å²) in [6.45, 7) is 3.24. The third-order valence-corrected chi connectivity index (χ3v) is 4.83. The van der Waals surface area contributed by atoms with Gasteiger partial charge in [0.1, 0.15) is 0 Å². The summed E-state index contributed by atoms with van der Waals surface area (Å²) in [7, 11) is 2.10. The first kappa shape index (κ1) is 14.8. The highest BCUT2D eigenvalue weighted by molar-refractivity contribution is 5.78. The van der Waals surface area contributed by atoms with E-state index in [9.17, 15) is 4.79 Å². The Morgan fingerprint density at radius 1 is 1.16 bits per heavy atom. The number of likely N-dealkylation sites (tertiary alicyclic amines) is 1. The van der Waals surface area contributed by atoms with Crippen LogP contribution in [0.5, 0.6) is 0 Å². The number of hydrogen-bond donors (Lipinski definition) is 1. The number of rotatable bonds is 4. The second-order valence-electron chi connectivity index (χ2n) is 6.20. The number of nitrogens with two attached hydrogens (primary N) is 1. The molecule has 0 bridgehead atoms. The molecule has 19 heavy (non-hydrogen) atoms. The molecule has 0 spiro atoms. The number of amides is 1. The van der Waals surface area contributed by atoms with Crippen LogP contribution in [0.1, 0.15) is 44.9 Å². The Morgan fingerprint density at radius 2 is 1.84 bits per heavy atom. The van der Waals surface area contributed by atoms with E-state index in [1.54, 1.807) is 0 Å². The van der Waals surface area contributed by atoms with E-state index >= 15 is 0 Å². The third-order valence-electron chi connectivity index (χ3n) is 4.83. The van der Waals surface area contributed by atoms with Gasteiger partial charge < -0.3 is 10.6 Å². The molecule has 4 heteroatoms. The highest BCUT2D eigenvalue weighted by Gasteiger charge is 2.29. The van der Waals surface area contributed by atoms with Gasteiger partial charge in [-0.25, -0.2) is 0 Å². The lowest BCUT2D eigenvalue weighted by Gasteiger charge is -2.38. The van der Waals surface area contributed by atoms with E-state index in [-0.39, 0.29) is 0 Å². The second-order valence-corrected chi connectivity index (χ2v) is 6.20. The monoisotopic (exact) mass is 267 g/mol. The number of carbonyl (C=O) groups excluding carboxylic acids is 1. The summed E-state index contributed by atoms with van der Waals surface area (Å²) in [5.74, 6) is 0.886. The SMILES string of the molecule is CN(CC(=O)N1CCCCC1)C1CCCCC1CN. The van der Waals surface area contributed by atoms with Crippen molar-refractivity contribution in [3.63, 3.8) is 0 Å². The summed E-state index contributed by atoms with van der Waals surface area (Å²) in [5, 5.41) is 0. The molecule has 0 aromatic rings. The first-order chi connectivity index (χ1) is 9.22. The molecule has 1 aliphatic heterocycles. The fraction of sp³-hybridized carbons (Fsp3) is 0.933. The smallest absolute Gasteiger partial charge is 0.236 e. The van der Waals surface area contributed by atoms with E-state index in [1.165, 1.54) is 44.9 Å². The summed E-state index contributed by atoms with van der Waals surface area (Å²) < 4.78 is 0. The van der Waals surface area contributed by atoms with E-state index in [4.69, 9.17) is 5.73 Å². The van der Waals surface area contributed by atoms with Crippen molar-refractivity contribution in [3.05, 3.63) is 0 Å². The van der Waals surface area contributed by atoms with E-state index in [1.807, 2.05) is 4.90 Å². The van der Waals surface area contributed by atoms with E-state index in [2.05, 4.69) is 11.9 Å². The Balaban J connectivity index is 1.84. The molecule has 2 atom stereocenters. The molecule has 1 saturated heterocycles. The molecule has 110 valence electrons. The van der Waals surface area contributed by atoms with Gasteiger partial charge in [0.05, 0.1) is 6.54 Å². The van der Waals surface area contributed by atoms with Crippen molar-refractivity contribution in [3.8, 4) is 0 Å². The Bertz CT molecular complexity index is 289. The summed E-state index contributed by atoms with van der Waals surface area (Å²) in [4.78, 5) is 16.6. The van der Waals surface area contributed by atoms with Gasteiger partial charge in [0.25, 0.3) is 0 Å². The quantitative estimate of drug-likeness (QED) is 0.838. The lowest BCUT2D eigenvalue weighted by molar-refractivity contribution is -0.133. The van der Waals surface area contributed by atoms with Crippen molar-refractivity contribution in [2.75, 3.05) is 33.2 Å². The molecule has 1 amide bonds. The molecule has 2 N–H and O–H groups in total. The lowest BCUT2D eigenvalue weighted by Crippen LogP contribution is -2.48. The average molecular weight is 267 g/mol. The number of carbonyl (C=O) groups is 1. The standard InChI is InChI=1S/C15H29N3O/c1-17(14-8-4-3-7-13(14)11-16)12-15(19)18-9-5-2-6-10-18/h13-14H,2-12,16H2,1H3. The zero-order valence-electron chi connectivity index (χ0n) is 12.3. The molecule has 2 aliphatic rings. The predicted molar refractivity (Wildman–Crippen MR) is 77.9 cm³/mol. The van der Waals surface area contributed by atoms with Crippen molar-refractivity contribution >= 4 is 5.91 Å². The fourth-order valence-corrected chi connectivity index (χ4v) is 3.62. The maximum absolute atomic E-state index is 12.3. The van der Waals surface area contributed by atoms with Crippen LogP contribution in [0, 0.1) is 5.92 Å². The molecular weight excluding hydrogens is 238 g/mol. The minimum absolute atomic E-state index is 0.309. The van der Waals surface area contributed by atoms with E-state index in [0.29, 0.717) is 24.4 Å². The number of hydrogen-bond acceptors (Lipinski definition) is 3. The Labute approximate surface area is 117 Å². The third kappa shape index (κ3) is 3.93. The highest BCUT2D eigenvalue weighted by atomic mass is 16.2. The van der Waals surface area contributed by atoms with Crippen LogP contribution >= 0.6 is 0 Å². The normalized spacial score (nSPS) is 28.7. The van der Waals surface area contributed by atoms with Gasteiger partial charge in [-0.15, -0.1) is 0 Å². The molecule has 1 heterocycles. The van der Waals surface area contributed by atoms with Crippen LogP contribution in [0.3, 0.4) is 0 Å². The van der Waals surface area contributed by atoms with Crippen LogP contribution in [0.15, 0.2) is 0 Å². The highest BCUT2D eigenvalue weighted by Crippen LogP contribution is 2.27. The summed E-state index contributed by atoms with van der Waals surface area (Å²) >= 11 is 0. The van der Waals surface area contributed by atoms with Crippen LogP contribution in [-0.2, 0) is 4.79 Å². The van der Waals surface area contributed by atoms with Crippen molar-refractivity contribution in [2.24, 2.45) is 11.7 Å². The van der Waals surface area contributed by atoms with E-state index in [0.717, 1.165) is 19.6 Å². The fourth-order valence-electron chi connectivity index (χ4n) is 3.62. The average Bonchev–Trinajstić information content (AvgIpc) is 2.48. The minimum atomic E-state index is 0.309. The van der Waals surface area contributed by atoms with Gasteiger partial charge in [-0.05, 0) is 51.6 Å². The summed E-state index contributed by atoms with van der Waals surface area (Å²) in [6, 6.07) is 0.507. The Hall–Kier alpha value is -0.610. The van der Waals surface area contributed by atoms with Crippen LogP contribution in [0.4, 0.5) is 0 Å². The molecule has 2 rings (SSSR count). The lowest BCUT2D eigenvalue weighted by atomic mass is 9.84. The maximum atomic E-state index is 12.3. The zero-order valence-corrected chi connectivity index (χ0v) is 12.3. The Kier molecular flexibility index (Phi) is 5.64. The van der Waals surface area contributed by atoms with Crippen LogP contribution in [-0.4, -0.2) is 55.0 Å². The summed E-state index contributed by atoms with van der Waals surface area (Å²) in [5.41, 5.74) is 5.88. The molecule has 0 radical (unpaired) electrons. The molecule has 1 aliphatic carbocycles. The van der Waals surface area contributed by atoms with Crippen molar-refractivity contribution in [2.45, 2.75) is 51.0 Å². The van der Waals surface area contributed by atoms with Gasteiger partial charge in [-0.2, -0.15) is 0 Å². The number of nitrogens with zero attached hydrogens (tertiary/aromatic N) is 2. The molecular formula is C15H29N3O. The van der Waals surface area contributed by atoms with Gasteiger partial charge in [0.15, 0.2) is 0 Å². The molecule has 0 aromatic carbocycles. The van der Waals surface area contributed by atoms with Crippen LogP contribution in [0.25, 0.3) is 0 Å². The first-order valence-corrected chi connectivity index (χ1v) is 7.90. The largest absolute Gasteiger partial charge is 0.342 e. The van der Waals surface area contributed by atoms with Gasteiger partial charge in [0.2, 0.25) is 5.91 Å². The van der Waals surface area contributed by atoms with Crippen molar-refractivity contribution in [1.82, 2.24) is 9.80 Å². The van der Waals surface area contributed by atoms with Gasteiger partial charge in [-0.3, -0.25) is 9.69 Å². The maximum Gasteiger partial charge on any atom is 0.236 e. The van der Waals surface area contributed by atoms with Gasteiger partial charge in [-0.1, -0.05) is 12.8 Å². The molecule has 0 aromatic heterocycles. The number of piperidine rings is 1. The van der Waals surface area contributed by atoms with Gasteiger partial charge in [0, 0.05) is 19.1 Å². The molecule has 2 fully saturated rings. The second kappa shape index (κ2) is 7.25. The van der Waals surface area contributed by atoms with Crippen LogP contribution < -0.4 is 5.73 Å². The van der Waals surface area contributed by atoms with Gasteiger partial charge >= 0.3 is 0 Å². The number of likely N-dealkylation sites (N-methyl/N-ethyl adjacent to an activating group) is 1.